The van der Waals surface area contributed by atoms with Crippen LogP contribution in [0.1, 0.15) is 68.8 Å². The van der Waals surface area contributed by atoms with Crippen LogP contribution in [0.15, 0.2) is 29.8 Å². The number of hydrogen-bond acceptors (Lipinski definition) is 9. The molecular formula is C25H22O9. The van der Waals surface area contributed by atoms with Crippen LogP contribution in [-0.4, -0.2) is 62.9 Å². The number of ketones is 3. The lowest BCUT2D eigenvalue weighted by Gasteiger charge is -2.35. The van der Waals surface area contributed by atoms with Crippen LogP contribution in [0.3, 0.4) is 0 Å². The second-order valence-corrected chi connectivity index (χ2v) is 8.67. The first-order valence-electron chi connectivity index (χ1n) is 10.8. The molecule has 0 bridgehead atoms. The van der Waals surface area contributed by atoms with Gasteiger partial charge in [0.15, 0.2) is 23.6 Å². The van der Waals surface area contributed by atoms with E-state index in [-0.39, 0.29) is 64.2 Å². The molecule has 3 unspecified atom stereocenters. The summed E-state index contributed by atoms with van der Waals surface area (Å²) in [5.74, 6) is -2.58. The monoisotopic (exact) mass is 466 g/mol. The summed E-state index contributed by atoms with van der Waals surface area (Å²) in [6.07, 6.45) is -2.84. The lowest BCUT2D eigenvalue weighted by atomic mass is 9.77. The number of aliphatic hydroxyl groups excluding tert-OH is 2. The van der Waals surface area contributed by atoms with E-state index in [4.69, 9.17) is 9.47 Å². The van der Waals surface area contributed by atoms with Crippen LogP contribution in [0.2, 0.25) is 0 Å². The van der Waals surface area contributed by atoms with Gasteiger partial charge in [-0.05, 0) is 18.6 Å². The lowest BCUT2D eigenvalue weighted by Crippen LogP contribution is -2.42. The predicted octanol–water partition coefficient (Wildman–Crippen LogP) is 1.78. The van der Waals surface area contributed by atoms with Gasteiger partial charge in [0, 0.05) is 35.1 Å². The molecule has 4 atom stereocenters. The van der Waals surface area contributed by atoms with Crippen LogP contribution in [0.25, 0.3) is 6.08 Å². The van der Waals surface area contributed by atoms with Crippen LogP contribution >= 0.6 is 0 Å². The number of aliphatic hydroxyl groups is 2. The zero-order chi connectivity index (χ0) is 24.3. The van der Waals surface area contributed by atoms with E-state index >= 15 is 0 Å². The normalized spacial score (nSPS) is 25.8. The van der Waals surface area contributed by atoms with E-state index in [1.807, 2.05) is 0 Å². The third kappa shape index (κ3) is 3.36. The number of aromatic hydroxyl groups is 2. The summed E-state index contributed by atoms with van der Waals surface area (Å²) >= 11 is 0. The van der Waals surface area contributed by atoms with Gasteiger partial charge in [-0.15, -0.1) is 0 Å². The fraction of sp³-hybridized carbons (Fsp3) is 0.320. The number of phenols is 2. The highest BCUT2D eigenvalue weighted by molar-refractivity contribution is 6.30. The predicted molar refractivity (Wildman–Crippen MR) is 117 cm³/mol. The Morgan fingerprint density at radius 3 is 2.21 bits per heavy atom. The second kappa shape index (κ2) is 8.14. The Balaban J connectivity index is 1.67. The molecule has 3 aliphatic rings. The Morgan fingerprint density at radius 1 is 1.00 bits per heavy atom. The van der Waals surface area contributed by atoms with Crippen molar-refractivity contribution in [3.8, 4) is 11.5 Å². The van der Waals surface area contributed by atoms with Gasteiger partial charge in [-0.2, -0.15) is 0 Å². The SMILES string of the molecule is CC(=O)C1=Cc2c(O)c3c(c(O)c2[C@@H](OC2CC(O)C(O)CO2)C1)C(=O)c1ccccc1C3=O. The van der Waals surface area contributed by atoms with Crippen molar-refractivity contribution in [1.82, 2.24) is 0 Å². The van der Waals surface area contributed by atoms with Gasteiger partial charge in [0.2, 0.25) is 0 Å². The van der Waals surface area contributed by atoms with Crippen molar-refractivity contribution in [3.05, 3.63) is 63.2 Å². The molecular weight excluding hydrogens is 444 g/mol. The number of carbonyl (C=O) groups excluding carboxylic acids is 3. The van der Waals surface area contributed by atoms with Gasteiger partial charge < -0.3 is 29.9 Å². The number of Topliss-reactive ketones (excluding diaryl/α,β-unsaturated/α-hetero) is 1. The number of fused-ring (bicyclic) bond motifs is 3. The number of benzene rings is 2. The quantitative estimate of drug-likeness (QED) is 0.423. The standard InChI is InChI=1S/C25H22O9/c1-10(26)11-6-14-19(17(7-11)34-18-8-15(27)16(28)9-33-18)25(32)21-20(24(14)31)22(29)12-4-2-3-5-13(12)23(21)30/h2-6,15-18,27-28,31-32H,7-9H2,1H3/t15?,16?,17-,18?/m0/s1. The van der Waals surface area contributed by atoms with Crippen LogP contribution in [-0.2, 0) is 14.3 Å². The summed E-state index contributed by atoms with van der Waals surface area (Å²) in [5, 5.41) is 42.0. The van der Waals surface area contributed by atoms with Crippen molar-refractivity contribution >= 4 is 23.4 Å². The fourth-order valence-corrected chi connectivity index (χ4v) is 4.74. The van der Waals surface area contributed by atoms with Crippen molar-refractivity contribution in [2.75, 3.05) is 6.61 Å². The minimum atomic E-state index is -1.09. The highest BCUT2D eigenvalue weighted by Crippen LogP contribution is 2.50. The van der Waals surface area contributed by atoms with Gasteiger partial charge in [0.1, 0.15) is 17.6 Å². The van der Waals surface area contributed by atoms with E-state index in [1.54, 1.807) is 12.1 Å². The van der Waals surface area contributed by atoms with Gasteiger partial charge in [0.25, 0.3) is 0 Å². The maximum absolute atomic E-state index is 13.2. The number of carbonyl (C=O) groups is 3. The summed E-state index contributed by atoms with van der Waals surface area (Å²) in [6.45, 7) is 1.16. The van der Waals surface area contributed by atoms with E-state index < -0.39 is 47.7 Å². The van der Waals surface area contributed by atoms with Gasteiger partial charge >= 0.3 is 0 Å². The highest BCUT2D eigenvalue weighted by Gasteiger charge is 2.41. The highest BCUT2D eigenvalue weighted by atomic mass is 16.7. The molecule has 34 heavy (non-hydrogen) atoms. The molecule has 4 N–H and O–H groups in total. The molecule has 0 saturated carbocycles. The maximum Gasteiger partial charge on any atom is 0.198 e. The first-order valence-corrected chi connectivity index (χ1v) is 10.8. The summed E-state index contributed by atoms with van der Waals surface area (Å²) in [4.78, 5) is 38.6. The zero-order valence-corrected chi connectivity index (χ0v) is 18.1. The second-order valence-electron chi connectivity index (χ2n) is 8.67. The molecule has 9 nitrogen and oxygen atoms in total. The lowest BCUT2D eigenvalue weighted by molar-refractivity contribution is -0.234. The molecule has 176 valence electrons. The summed E-state index contributed by atoms with van der Waals surface area (Å²) in [5.41, 5.74) is -0.104. The van der Waals surface area contributed by atoms with Crippen molar-refractivity contribution in [2.45, 2.75) is 44.4 Å². The summed E-state index contributed by atoms with van der Waals surface area (Å²) in [6, 6.07) is 6.13. The molecule has 2 aliphatic carbocycles. The molecule has 9 heteroatoms. The van der Waals surface area contributed by atoms with Gasteiger partial charge in [-0.1, -0.05) is 24.3 Å². The zero-order valence-electron chi connectivity index (χ0n) is 18.1. The largest absolute Gasteiger partial charge is 0.507 e. The van der Waals surface area contributed by atoms with Crippen molar-refractivity contribution in [3.63, 3.8) is 0 Å². The molecule has 5 rings (SSSR count). The van der Waals surface area contributed by atoms with E-state index in [2.05, 4.69) is 0 Å². The molecule has 2 aromatic carbocycles. The molecule has 1 saturated heterocycles. The Labute approximate surface area is 193 Å². The molecule has 0 amide bonds. The molecule has 1 heterocycles. The minimum Gasteiger partial charge on any atom is -0.507 e. The van der Waals surface area contributed by atoms with Crippen molar-refractivity contribution in [1.29, 1.82) is 0 Å². The Hall–Kier alpha value is -3.37. The average molecular weight is 466 g/mol. The minimum absolute atomic E-state index is 0.00531. The van der Waals surface area contributed by atoms with Crippen LogP contribution in [0.5, 0.6) is 11.5 Å². The number of hydrogen-bond donors (Lipinski definition) is 4. The van der Waals surface area contributed by atoms with E-state index in [0.717, 1.165) is 0 Å². The third-order valence-corrected chi connectivity index (χ3v) is 6.54. The van der Waals surface area contributed by atoms with Gasteiger partial charge in [0.05, 0.1) is 29.9 Å². The van der Waals surface area contributed by atoms with Crippen molar-refractivity contribution < 1.29 is 44.3 Å². The Morgan fingerprint density at radius 2 is 1.62 bits per heavy atom. The molecule has 1 aliphatic heterocycles. The fourth-order valence-electron chi connectivity index (χ4n) is 4.74. The Bertz CT molecular complexity index is 1280. The average Bonchev–Trinajstić information content (AvgIpc) is 2.81. The third-order valence-electron chi connectivity index (χ3n) is 6.54. The van der Waals surface area contributed by atoms with Gasteiger partial charge in [-0.25, -0.2) is 0 Å². The topological polar surface area (TPSA) is 151 Å². The Kier molecular flexibility index (Phi) is 5.37. The van der Waals surface area contributed by atoms with E-state index in [1.165, 1.54) is 25.1 Å². The first kappa shape index (κ1) is 22.4. The summed E-state index contributed by atoms with van der Waals surface area (Å²) in [7, 11) is 0. The molecule has 0 aromatic heterocycles. The summed E-state index contributed by atoms with van der Waals surface area (Å²) < 4.78 is 11.4. The number of ether oxygens (including phenoxy) is 2. The first-order chi connectivity index (χ1) is 16.2. The van der Waals surface area contributed by atoms with E-state index in [9.17, 15) is 34.8 Å². The number of phenolic OH excluding ortho intramolecular Hbond substituents is 2. The van der Waals surface area contributed by atoms with Crippen LogP contribution < -0.4 is 0 Å². The molecule has 1 fully saturated rings. The number of rotatable bonds is 3. The van der Waals surface area contributed by atoms with E-state index in [0.29, 0.717) is 0 Å². The molecule has 0 radical (unpaired) electrons. The van der Waals surface area contributed by atoms with Gasteiger partial charge in [-0.3, -0.25) is 14.4 Å². The van der Waals surface area contributed by atoms with Crippen LogP contribution in [0, 0.1) is 0 Å². The van der Waals surface area contributed by atoms with Crippen LogP contribution in [0.4, 0.5) is 0 Å². The smallest absolute Gasteiger partial charge is 0.198 e. The van der Waals surface area contributed by atoms with Crippen molar-refractivity contribution in [2.24, 2.45) is 0 Å². The molecule has 2 aromatic rings. The maximum atomic E-state index is 13.2. The molecule has 0 spiro atoms.